The summed E-state index contributed by atoms with van der Waals surface area (Å²) in [7, 11) is 1.74. The van der Waals surface area contributed by atoms with Gasteiger partial charge >= 0.3 is 0 Å². The molecule has 0 fully saturated rings. The van der Waals surface area contributed by atoms with Crippen LogP contribution in [0.3, 0.4) is 0 Å². The molecule has 1 amide bonds. The van der Waals surface area contributed by atoms with E-state index in [1.165, 1.54) is 12.1 Å². The Balaban J connectivity index is 0.00000162. The second-order valence-electron chi connectivity index (χ2n) is 3.91. The maximum absolute atomic E-state index is 13.0. The summed E-state index contributed by atoms with van der Waals surface area (Å²) in [5.41, 5.74) is 6.68. The molecule has 0 spiro atoms. The highest BCUT2D eigenvalue weighted by Crippen LogP contribution is 2.19. The summed E-state index contributed by atoms with van der Waals surface area (Å²) in [5.74, 6) is -0.336. The number of imidazole rings is 1. The van der Waals surface area contributed by atoms with Crippen LogP contribution < -0.4 is 11.1 Å². The Morgan fingerprint density at radius 2 is 2.22 bits per heavy atom. The van der Waals surface area contributed by atoms with Crippen molar-refractivity contribution in [1.29, 1.82) is 0 Å². The summed E-state index contributed by atoms with van der Waals surface area (Å²) in [4.78, 5) is 15.6. The summed E-state index contributed by atoms with van der Waals surface area (Å²) in [6.07, 6.45) is 0. The van der Waals surface area contributed by atoms with Crippen molar-refractivity contribution in [3.05, 3.63) is 24.0 Å². The fourth-order valence-electron chi connectivity index (χ4n) is 1.51. The van der Waals surface area contributed by atoms with Crippen LogP contribution in [0.5, 0.6) is 0 Å². The van der Waals surface area contributed by atoms with Gasteiger partial charge in [0.05, 0.1) is 17.1 Å². The molecule has 0 aliphatic heterocycles. The highest BCUT2D eigenvalue weighted by molar-refractivity contribution is 5.94. The second-order valence-corrected chi connectivity index (χ2v) is 3.91. The molecule has 0 aliphatic rings. The van der Waals surface area contributed by atoms with Crippen LogP contribution in [0.2, 0.25) is 0 Å². The molecule has 0 saturated carbocycles. The van der Waals surface area contributed by atoms with E-state index >= 15 is 0 Å². The molecular weight excluding hydrogens is 259 g/mol. The number of hydrogen-bond donors (Lipinski definition) is 2. The second kappa shape index (κ2) is 5.32. The van der Waals surface area contributed by atoms with Crippen molar-refractivity contribution in [1.82, 2.24) is 9.55 Å². The Morgan fingerprint density at radius 1 is 1.56 bits per heavy atom. The summed E-state index contributed by atoms with van der Waals surface area (Å²) in [5, 5.41) is 2.58. The van der Waals surface area contributed by atoms with E-state index in [4.69, 9.17) is 5.73 Å². The lowest BCUT2D eigenvalue weighted by atomic mass is 10.3. The van der Waals surface area contributed by atoms with Crippen LogP contribution in [0.15, 0.2) is 18.2 Å². The van der Waals surface area contributed by atoms with Crippen molar-refractivity contribution in [2.45, 2.75) is 13.0 Å². The lowest BCUT2D eigenvalue weighted by Crippen LogP contribution is -2.33. The average Bonchev–Trinajstić information content (AvgIpc) is 2.55. The van der Waals surface area contributed by atoms with Gasteiger partial charge in [0, 0.05) is 13.1 Å². The number of rotatable bonds is 2. The molecule has 0 unspecified atom stereocenters. The number of aryl methyl sites for hydroxylation is 1. The number of carbonyl (C=O) groups excluding carboxylic acids is 1. The number of carbonyl (C=O) groups is 1. The molecule has 0 bridgehead atoms. The van der Waals surface area contributed by atoms with E-state index in [2.05, 4.69) is 10.3 Å². The standard InChI is InChI=1S/C11H13FN4O.ClH/c1-6(13)10(17)15-11-14-8-5-7(12)3-4-9(8)16(11)2;/h3-6H,13H2,1-2H3,(H,14,15,17);1H/t6-;/m1./s1. The Morgan fingerprint density at radius 3 is 2.83 bits per heavy atom. The highest BCUT2D eigenvalue weighted by atomic mass is 35.5. The van der Waals surface area contributed by atoms with Crippen molar-refractivity contribution in [3.63, 3.8) is 0 Å². The zero-order chi connectivity index (χ0) is 12.6. The number of nitrogens with zero attached hydrogens (tertiary/aromatic N) is 2. The third-order valence-corrected chi connectivity index (χ3v) is 2.49. The van der Waals surface area contributed by atoms with E-state index in [0.29, 0.717) is 11.5 Å². The molecule has 5 nitrogen and oxygen atoms in total. The van der Waals surface area contributed by atoms with Gasteiger partial charge in [-0.1, -0.05) is 0 Å². The first-order chi connectivity index (χ1) is 7.99. The SMILES string of the molecule is C[C@@H](N)C(=O)Nc1nc2cc(F)ccc2n1C.Cl. The molecule has 0 saturated heterocycles. The first kappa shape index (κ1) is 14.4. The van der Waals surface area contributed by atoms with Gasteiger partial charge in [-0.3, -0.25) is 10.1 Å². The number of anilines is 1. The molecule has 0 radical (unpaired) electrons. The minimum atomic E-state index is -0.619. The number of benzene rings is 1. The summed E-state index contributed by atoms with van der Waals surface area (Å²) in [6, 6.07) is 3.66. The lowest BCUT2D eigenvalue weighted by molar-refractivity contribution is -0.117. The molecule has 1 atom stereocenters. The van der Waals surface area contributed by atoms with Gasteiger partial charge in [0.2, 0.25) is 11.9 Å². The van der Waals surface area contributed by atoms with E-state index < -0.39 is 6.04 Å². The van der Waals surface area contributed by atoms with E-state index in [1.807, 2.05) is 0 Å². The van der Waals surface area contributed by atoms with Gasteiger partial charge in [0.1, 0.15) is 5.82 Å². The minimum Gasteiger partial charge on any atom is -0.320 e. The Bertz CT molecular complexity index is 582. The summed E-state index contributed by atoms with van der Waals surface area (Å²) < 4.78 is 14.7. The van der Waals surface area contributed by atoms with Crippen molar-refractivity contribution in [2.75, 3.05) is 5.32 Å². The topological polar surface area (TPSA) is 72.9 Å². The molecule has 3 N–H and O–H groups in total. The van der Waals surface area contributed by atoms with Crippen LogP contribution in [0.1, 0.15) is 6.92 Å². The Kier molecular flexibility index (Phi) is 4.26. The van der Waals surface area contributed by atoms with E-state index in [0.717, 1.165) is 5.52 Å². The summed E-state index contributed by atoms with van der Waals surface area (Å²) >= 11 is 0. The fraction of sp³-hybridized carbons (Fsp3) is 0.273. The maximum Gasteiger partial charge on any atom is 0.243 e. The average molecular weight is 273 g/mol. The van der Waals surface area contributed by atoms with E-state index in [1.54, 1.807) is 24.6 Å². The van der Waals surface area contributed by atoms with Crippen LogP contribution in [0.4, 0.5) is 10.3 Å². The van der Waals surface area contributed by atoms with Crippen molar-refractivity contribution < 1.29 is 9.18 Å². The normalized spacial score (nSPS) is 12.0. The number of fused-ring (bicyclic) bond motifs is 1. The molecule has 18 heavy (non-hydrogen) atoms. The van der Waals surface area contributed by atoms with Crippen LogP contribution in [0.25, 0.3) is 11.0 Å². The third kappa shape index (κ3) is 2.60. The minimum absolute atomic E-state index is 0. The number of nitrogens with two attached hydrogens (primary N) is 1. The van der Waals surface area contributed by atoms with Crippen molar-refractivity contribution >= 4 is 35.3 Å². The van der Waals surface area contributed by atoms with E-state index in [-0.39, 0.29) is 24.1 Å². The van der Waals surface area contributed by atoms with Crippen molar-refractivity contribution in [3.8, 4) is 0 Å². The zero-order valence-electron chi connectivity index (χ0n) is 9.98. The molecule has 1 heterocycles. The largest absolute Gasteiger partial charge is 0.320 e. The van der Waals surface area contributed by atoms with Gasteiger partial charge in [-0.05, 0) is 19.1 Å². The molecule has 7 heteroatoms. The molecule has 2 aromatic rings. The van der Waals surface area contributed by atoms with Crippen LogP contribution in [-0.2, 0) is 11.8 Å². The predicted octanol–water partition coefficient (Wildman–Crippen LogP) is 1.42. The molecule has 1 aromatic carbocycles. The third-order valence-electron chi connectivity index (χ3n) is 2.49. The monoisotopic (exact) mass is 272 g/mol. The fourth-order valence-corrected chi connectivity index (χ4v) is 1.51. The van der Waals surface area contributed by atoms with Gasteiger partial charge in [0.25, 0.3) is 0 Å². The molecular formula is C11H14ClFN4O. The van der Waals surface area contributed by atoms with Gasteiger partial charge in [-0.15, -0.1) is 12.4 Å². The Hall–Kier alpha value is -1.66. The first-order valence-corrected chi connectivity index (χ1v) is 5.17. The molecule has 0 aliphatic carbocycles. The number of hydrogen-bond acceptors (Lipinski definition) is 3. The first-order valence-electron chi connectivity index (χ1n) is 5.17. The predicted molar refractivity (Wildman–Crippen MR) is 70.2 cm³/mol. The quantitative estimate of drug-likeness (QED) is 0.868. The number of amides is 1. The number of halogens is 2. The van der Waals surface area contributed by atoms with Gasteiger partial charge in [0.15, 0.2) is 0 Å². The van der Waals surface area contributed by atoms with Crippen LogP contribution in [-0.4, -0.2) is 21.5 Å². The molecule has 98 valence electrons. The zero-order valence-corrected chi connectivity index (χ0v) is 10.8. The molecule has 1 aromatic heterocycles. The van der Waals surface area contributed by atoms with Gasteiger partial charge < -0.3 is 10.3 Å². The molecule has 2 rings (SSSR count). The highest BCUT2D eigenvalue weighted by Gasteiger charge is 2.13. The van der Waals surface area contributed by atoms with Gasteiger partial charge in [-0.2, -0.15) is 0 Å². The number of nitrogens with one attached hydrogen (secondary N) is 1. The van der Waals surface area contributed by atoms with Crippen LogP contribution >= 0.6 is 12.4 Å². The number of aromatic nitrogens is 2. The smallest absolute Gasteiger partial charge is 0.243 e. The van der Waals surface area contributed by atoms with Gasteiger partial charge in [-0.25, -0.2) is 9.37 Å². The lowest BCUT2D eigenvalue weighted by Gasteiger charge is -2.06. The van der Waals surface area contributed by atoms with Crippen LogP contribution in [0, 0.1) is 5.82 Å². The summed E-state index contributed by atoms with van der Waals surface area (Å²) in [6.45, 7) is 1.58. The van der Waals surface area contributed by atoms with E-state index in [9.17, 15) is 9.18 Å². The van der Waals surface area contributed by atoms with Crippen molar-refractivity contribution in [2.24, 2.45) is 12.8 Å². The Labute approximate surface area is 110 Å². The maximum atomic E-state index is 13.0.